The third-order valence-corrected chi connectivity index (χ3v) is 1.07. The van der Waals surface area contributed by atoms with E-state index in [0.717, 1.165) is 0 Å². The van der Waals surface area contributed by atoms with Crippen LogP contribution in [0.2, 0.25) is 0 Å². The molecule has 0 aliphatic carbocycles. The fraction of sp³-hybridized carbons (Fsp3) is 0.400. The molecule has 0 unspecified atom stereocenters. The quantitative estimate of drug-likeness (QED) is 0.509. The molecule has 0 saturated carbocycles. The van der Waals surface area contributed by atoms with Gasteiger partial charge in [-0.15, -0.1) is 0 Å². The molecule has 2 nitrogen and oxygen atoms in total. The van der Waals surface area contributed by atoms with Gasteiger partial charge in [-0.3, -0.25) is 4.79 Å². The van der Waals surface area contributed by atoms with Crippen molar-refractivity contribution in [3.63, 3.8) is 0 Å². The van der Waals surface area contributed by atoms with Gasteiger partial charge < -0.3 is 4.74 Å². The van der Waals surface area contributed by atoms with E-state index in [1.165, 1.54) is 0 Å². The van der Waals surface area contributed by atoms with Crippen molar-refractivity contribution < 1.29 is 9.53 Å². The van der Waals surface area contributed by atoms with Gasteiger partial charge in [0.15, 0.2) is 0 Å². The van der Waals surface area contributed by atoms with Crippen LogP contribution < -0.4 is 0 Å². The fourth-order valence-electron chi connectivity index (χ4n) is 0.565. The van der Waals surface area contributed by atoms with E-state index in [1.54, 1.807) is 6.92 Å². The predicted octanol–water partition coefficient (Wildman–Crippen LogP) is 3.47. The number of ether oxygens (including phenoxy) is 1. The Labute approximate surface area is 103 Å². The number of hydrogen-bond donors (Lipinski definition) is 0. The molecule has 0 bridgehead atoms. The molecule has 0 aromatic heterocycles. The van der Waals surface area contributed by atoms with E-state index >= 15 is 0 Å². The summed E-state index contributed by atoms with van der Waals surface area (Å²) in [5.41, 5.74) is 14.2. The van der Waals surface area contributed by atoms with Crippen molar-refractivity contribution in [2.75, 3.05) is 0 Å². The summed E-state index contributed by atoms with van der Waals surface area (Å²) in [4.78, 5) is 10.6. The minimum absolute atomic E-state index is 0.137. The van der Waals surface area contributed by atoms with Crippen LogP contribution >= 0.6 is 0 Å². The van der Waals surface area contributed by atoms with Crippen LogP contribution in [-0.2, 0) is 9.53 Å². The van der Waals surface area contributed by atoms with E-state index in [1.807, 2.05) is 20.8 Å². The average Bonchev–Trinajstić information content (AvgIpc) is 2.23. The van der Waals surface area contributed by atoms with Crippen molar-refractivity contribution in [3.8, 4) is 0 Å². The van der Waals surface area contributed by atoms with Gasteiger partial charge in [-0.1, -0.05) is 18.4 Å². The molecule has 2 heteroatoms. The van der Waals surface area contributed by atoms with Crippen molar-refractivity contribution in [1.29, 1.82) is 0 Å². The molecule has 0 aromatic carbocycles. The summed E-state index contributed by atoms with van der Waals surface area (Å²) in [6, 6.07) is 0. The predicted molar refractivity (Wildman–Crippen MR) is 68.5 cm³/mol. The lowest BCUT2D eigenvalue weighted by molar-refractivity contribution is -0.154. The SMILES string of the molecule is C=C=C=C=C=C=C=C.CCC(=O)OC(C)(C)C. The zero-order chi connectivity index (χ0) is 13.7. The molecular weight excluding hydrogens is 212 g/mol. The molecule has 0 saturated heterocycles. The Morgan fingerprint density at radius 3 is 1.65 bits per heavy atom. The highest BCUT2D eigenvalue weighted by Gasteiger charge is 2.13. The van der Waals surface area contributed by atoms with Crippen molar-refractivity contribution in [2.45, 2.75) is 39.7 Å². The third kappa shape index (κ3) is 20.1. The highest BCUT2D eigenvalue weighted by molar-refractivity contribution is 5.69. The normalized spacial score (nSPS) is 7.53. The summed E-state index contributed by atoms with van der Waals surface area (Å²) in [6.07, 6.45) is 0.456. The van der Waals surface area contributed by atoms with Gasteiger partial charge in [-0.25, -0.2) is 0 Å². The lowest BCUT2D eigenvalue weighted by Gasteiger charge is -2.18. The van der Waals surface area contributed by atoms with E-state index in [-0.39, 0.29) is 11.6 Å². The number of carbonyl (C=O) groups excluding carboxylic acids is 1. The maximum atomic E-state index is 10.6. The molecule has 0 fully saturated rings. The second-order valence-electron chi connectivity index (χ2n) is 3.79. The molecule has 0 atom stereocenters. The molecule has 0 rings (SSSR count). The smallest absolute Gasteiger partial charge is 0.306 e. The Hall–Kier alpha value is -2.11. The van der Waals surface area contributed by atoms with Crippen LogP contribution in [0.5, 0.6) is 0 Å². The van der Waals surface area contributed by atoms with Crippen molar-refractivity contribution in [1.82, 2.24) is 0 Å². The van der Waals surface area contributed by atoms with E-state index in [0.29, 0.717) is 6.42 Å². The molecule has 0 spiro atoms. The van der Waals surface area contributed by atoms with Gasteiger partial charge in [-0.2, -0.15) is 0 Å². The Morgan fingerprint density at radius 1 is 1.06 bits per heavy atom. The van der Waals surface area contributed by atoms with Gasteiger partial charge in [0, 0.05) is 6.42 Å². The lowest BCUT2D eigenvalue weighted by Crippen LogP contribution is -2.23. The Bertz CT molecular complexity index is 412. The first-order valence-electron chi connectivity index (χ1n) is 5.13. The van der Waals surface area contributed by atoms with Crippen LogP contribution in [0.3, 0.4) is 0 Å². The standard InChI is InChI=1S/C8H4.C7H14O2/c1-3-5-7-8-6-4-2;1-5-6(8)9-7(2,3)4/h1-2H2;5H2,1-4H3. The molecule has 0 aliphatic heterocycles. The van der Waals surface area contributed by atoms with Gasteiger partial charge in [-0.05, 0) is 56.9 Å². The highest BCUT2D eigenvalue weighted by Crippen LogP contribution is 2.07. The summed E-state index contributed by atoms with van der Waals surface area (Å²) in [5, 5.41) is 0. The van der Waals surface area contributed by atoms with Crippen LogP contribution in [0.4, 0.5) is 0 Å². The highest BCUT2D eigenvalue weighted by atomic mass is 16.6. The molecule has 0 heterocycles. The van der Waals surface area contributed by atoms with E-state index < -0.39 is 0 Å². The molecule has 0 radical (unpaired) electrons. The second kappa shape index (κ2) is 10.4. The van der Waals surface area contributed by atoms with Gasteiger partial charge in [0.2, 0.25) is 0 Å². The van der Waals surface area contributed by atoms with Crippen LogP contribution in [0.25, 0.3) is 0 Å². The zero-order valence-corrected chi connectivity index (χ0v) is 10.9. The minimum atomic E-state index is -0.326. The van der Waals surface area contributed by atoms with Crippen LogP contribution in [0, 0.1) is 0 Å². The molecule has 0 aliphatic rings. The lowest BCUT2D eigenvalue weighted by atomic mass is 10.2. The summed E-state index contributed by atoms with van der Waals surface area (Å²) in [6.45, 7) is 13.9. The van der Waals surface area contributed by atoms with Crippen molar-refractivity contribution in [2.24, 2.45) is 0 Å². The Balaban J connectivity index is 0. The molecule has 0 amide bonds. The van der Waals surface area contributed by atoms with Crippen LogP contribution in [0.15, 0.2) is 47.5 Å². The summed E-state index contributed by atoms with van der Waals surface area (Å²) < 4.78 is 4.95. The van der Waals surface area contributed by atoms with E-state index in [4.69, 9.17) is 4.74 Å². The van der Waals surface area contributed by atoms with Crippen LogP contribution in [-0.4, -0.2) is 11.6 Å². The Kier molecular flexibility index (Phi) is 10.6. The van der Waals surface area contributed by atoms with E-state index in [2.05, 4.69) is 47.5 Å². The molecule has 0 aromatic rings. The number of esters is 1. The molecule has 17 heavy (non-hydrogen) atoms. The van der Waals surface area contributed by atoms with Crippen molar-refractivity contribution in [3.05, 3.63) is 47.5 Å². The van der Waals surface area contributed by atoms with Gasteiger partial charge in [0.05, 0.1) is 0 Å². The van der Waals surface area contributed by atoms with Gasteiger partial charge in [0.25, 0.3) is 0 Å². The molecular formula is C15H18O2. The van der Waals surface area contributed by atoms with Gasteiger partial charge in [0.1, 0.15) is 5.60 Å². The van der Waals surface area contributed by atoms with Gasteiger partial charge >= 0.3 is 5.97 Å². The zero-order valence-electron chi connectivity index (χ0n) is 10.9. The number of rotatable bonds is 1. The number of carbonyl (C=O) groups is 1. The van der Waals surface area contributed by atoms with Crippen molar-refractivity contribution >= 4 is 5.97 Å². The maximum absolute atomic E-state index is 10.6. The monoisotopic (exact) mass is 230 g/mol. The molecule has 90 valence electrons. The summed E-state index contributed by atoms with van der Waals surface area (Å²) >= 11 is 0. The maximum Gasteiger partial charge on any atom is 0.306 e. The molecule has 0 N–H and O–H groups in total. The summed E-state index contributed by atoms with van der Waals surface area (Å²) in [5.74, 6) is -0.137. The minimum Gasteiger partial charge on any atom is -0.460 e. The topological polar surface area (TPSA) is 26.3 Å². The van der Waals surface area contributed by atoms with Crippen LogP contribution in [0.1, 0.15) is 34.1 Å². The average molecular weight is 230 g/mol. The van der Waals surface area contributed by atoms with E-state index in [9.17, 15) is 4.79 Å². The third-order valence-electron chi connectivity index (χ3n) is 1.07. The first-order valence-corrected chi connectivity index (χ1v) is 5.13. The fourth-order valence-corrected chi connectivity index (χ4v) is 0.565. The first-order chi connectivity index (χ1) is 7.87. The largest absolute Gasteiger partial charge is 0.460 e. The summed E-state index contributed by atoms with van der Waals surface area (Å²) in [7, 11) is 0. The first kappa shape index (κ1) is 17.3. The number of hydrogen-bond acceptors (Lipinski definition) is 2. The Morgan fingerprint density at radius 2 is 1.47 bits per heavy atom. The second-order valence-corrected chi connectivity index (χ2v) is 3.79.